The molecule has 0 amide bonds. The monoisotopic (exact) mass is 324 g/mol. The van der Waals surface area contributed by atoms with Crippen LogP contribution in [0.25, 0.3) is 0 Å². The molecule has 0 spiro atoms. The summed E-state index contributed by atoms with van der Waals surface area (Å²) in [6.07, 6.45) is 5.82. The summed E-state index contributed by atoms with van der Waals surface area (Å²) in [5.74, 6) is 0.545. The number of aryl methyl sites for hydroxylation is 2. The van der Waals surface area contributed by atoms with E-state index in [1.165, 1.54) is 17.1 Å². The highest BCUT2D eigenvalue weighted by atomic mass is 16.5. The molecule has 8 nitrogen and oxygen atoms in total. The van der Waals surface area contributed by atoms with E-state index in [4.69, 9.17) is 10.00 Å². The number of hydrogen-bond donors (Lipinski definition) is 1. The molecule has 1 aliphatic carbocycles. The molecule has 3 heterocycles. The lowest BCUT2D eigenvalue weighted by atomic mass is 10.1. The van der Waals surface area contributed by atoms with Gasteiger partial charge in [-0.1, -0.05) is 0 Å². The summed E-state index contributed by atoms with van der Waals surface area (Å²) in [6.45, 7) is 0.880. The van der Waals surface area contributed by atoms with Crippen molar-refractivity contribution in [2.45, 2.75) is 31.3 Å². The lowest BCUT2D eigenvalue weighted by molar-refractivity contribution is 0.182. The second-order valence-corrected chi connectivity index (χ2v) is 6.01. The predicted octanol–water partition coefficient (Wildman–Crippen LogP) is 0.446. The lowest BCUT2D eigenvalue weighted by Gasteiger charge is -2.21. The summed E-state index contributed by atoms with van der Waals surface area (Å²) in [5, 5.41) is 16.6. The van der Waals surface area contributed by atoms with E-state index in [0.29, 0.717) is 19.0 Å². The molecule has 1 fully saturated rings. The van der Waals surface area contributed by atoms with Crippen molar-refractivity contribution in [3.8, 4) is 6.07 Å². The third-order valence-electron chi connectivity index (χ3n) is 4.45. The summed E-state index contributed by atoms with van der Waals surface area (Å²) in [5.41, 5.74) is 2.25. The number of nitriles is 1. The normalized spacial score (nSPS) is 22.1. The van der Waals surface area contributed by atoms with Crippen molar-refractivity contribution in [2.24, 2.45) is 0 Å². The maximum absolute atomic E-state index is 12.4. The minimum Gasteiger partial charge on any atom is -0.377 e. The molecule has 0 aromatic carbocycles. The van der Waals surface area contributed by atoms with Crippen LogP contribution in [-0.2, 0) is 17.6 Å². The molecule has 2 unspecified atom stereocenters. The first-order valence-electron chi connectivity index (χ1n) is 7.92. The standard InChI is InChI=1S/C16H16N6O2/c17-5-11-6-19-15(7-18-11)20-13-8-24-9-14(13)22-16(23)4-10-2-1-3-12(10)21-22/h4,6-7,13-14H,1-3,8-9H2,(H,19,20). The van der Waals surface area contributed by atoms with Gasteiger partial charge in [-0.2, -0.15) is 10.4 Å². The average molecular weight is 324 g/mol. The Kier molecular flexibility index (Phi) is 3.70. The Balaban J connectivity index is 1.59. The van der Waals surface area contributed by atoms with Gasteiger partial charge in [-0.15, -0.1) is 0 Å². The van der Waals surface area contributed by atoms with Crippen LogP contribution in [0.15, 0.2) is 23.3 Å². The molecule has 2 aromatic rings. The number of nitrogens with zero attached hydrogens (tertiary/aromatic N) is 5. The molecule has 1 saturated heterocycles. The van der Waals surface area contributed by atoms with Crippen LogP contribution in [0.2, 0.25) is 0 Å². The smallest absolute Gasteiger partial charge is 0.267 e. The van der Waals surface area contributed by atoms with Crippen LogP contribution in [0.1, 0.15) is 29.4 Å². The Morgan fingerprint density at radius 2 is 2.21 bits per heavy atom. The van der Waals surface area contributed by atoms with Gasteiger partial charge in [0.05, 0.1) is 37.3 Å². The average Bonchev–Trinajstić information content (AvgIpc) is 3.23. The molecule has 8 heteroatoms. The third-order valence-corrected chi connectivity index (χ3v) is 4.45. The highest BCUT2D eigenvalue weighted by Gasteiger charge is 2.32. The summed E-state index contributed by atoms with van der Waals surface area (Å²) in [4.78, 5) is 20.6. The van der Waals surface area contributed by atoms with E-state index in [1.807, 2.05) is 6.07 Å². The molecule has 4 rings (SSSR count). The second-order valence-electron chi connectivity index (χ2n) is 6.01. The van der Waals surface area contributed by atoms with Crippen molar-refractivity contribution in [3.63, 3.8) is 0 Å². The van der Waals surface area contributed by atoms with Crippen LogP contribution in [0.5, 0.6) is 0 Å². The zero-order valence-corrected chi connectivity index (χ0v) is 13.0. The van der Waals surface area contributed by atoms with Crippen molar-refractivity contribution >= 4 is 5.82 Å². The quantitative estimate of drug-likeness (QED) is 0.873. The Morgan fingerprint density at radius 3 is 3.00 bits per heavy atom. The van der Waals surface area contributed by atoms with Gasteiger partial charge in [-0.3, -0.25) is 4.79 Å². The maximum Gasteiger partial charge on any atom is 0.267 e. The second kappa shape index (κ2) is 6.02. The Bertz CT molecular complexity index is 854. The molecular weight excluding hydrogens is 308 g/mol. The van der Waals surface area contributed by atoms with E-state index in [0.717, 1.165) is 30.5 Å². The SMILES string of the molecule is N#Cc1cnc(NC2COCC2n2nc3c(cc2=O)CCC3)cn1. The predicted molar refractivity (Wildman–Crippen MR) is 84.5 cm³/mol. The van der Waals surface area contributed by atoms with Gasteiger partial charge in [-0.25, -0.2) is 14.6 Å². The first kappa shape index (κ1) is 14.8. The van der Waals surface area contributed by atoms with Gasteiger partial charge >= 0.3 is 0 Å². The lowest BCUT2D eigenvalue weighted by Crippen LogP contribution is -2.38. The highest BCUT2D eigenvalue weighted by Crippen LogP contribution is 2.23. The minimum atomic E-state index is -0.194. The number of nitrogens with one attached hydrogen (secondary N) is 1. The van der Waals surface area contributed by atoms with Gasteiger partial charge in [0.2, 0.25) is 0 Å². The van der Waals surface area contributed by atoms with Gasteiger partial charge in [-0.05, 0) is 24.8 Å². The van der Waals surface area contributed by atoms with Crippen molar-refractivity contribution in [2.75, 3.05) is 18.5 Å². The first-order valence-corrected chi connectivity index (χ1v) is 7.92. The topological polar surface area (TPSA) is 106 Å². The van der Waals surface area contributed by atoms with Crippen LogP contribution in [0.4, 0.5) is 5.82 Å². The molecule has 1 N–H and O–H groups in total. The first-order chi connectivity index (χ1) is 11.7. The van der Waals surface area contributed by atoms with Gasteiger partial charge < -0.3 is 10.1 Å². The van der Waals surface area contributed by atoms with Gasteiger partial charge in [0.1, 0.15) is 17.9 Å². The molecule has 0 radical (unpaired) electrons. The number of hydrogen-bond acceptors (Lipinski definition) is 7. The fraction of sp³-hybridized carbons (Fsp3) is 0.438. The zero-order valence-electron chi connectivity index (χ0n) is 13.0. The molecule has 122 valence electrons. The Hall–Kier alpha value is -2.79. The largest absolute Gasteiger partial charge is 0.377 e. The molecular formula is C16H16N6O2. The molecule has 1 aliphatic heterocycles. The fourth-order valence-electron chi connectivity index (χ4n) is 3.23. The molecule has 2 aliphatic rings. The van der Waals surface area contributed by atoms with Crippen molar-refractivity contribution in [1.82, 2.24) is 19.7 Å². The number of aromatic nitrogens is 4. The summed E-state index contributed by atoms with van der Waals surface area (Å²) >= 11 is 0. The van der Waals surface area contributed by atoms with E-state index >= 15 is 0 Å². The van der Waals surface area contributed by atoms with Crippen LogP contribution >= 0.6 is 0 Å². The molecule has 2 aromatic heterocycles. The van der Waals surface area contributed by atoms with Crippen LogP contribution in [0.3, 0.4) is 0 Å². The zero-order chi connectivity index (χ0) is 16.5. The van der Waals surface area contributed by atoms with Gasteiger partial charge in [0, 0.05) is 6.07 Å². The number of anilines is 1. The van der Waals surface area contributed by atoms with E-state index in [-0.39, 0.29) is 23.3 Å². The maximum atomic E-state index is 12.4. The number of fused-ring (bicyclic) bond motifs is 1. The van der Waals surface area contributed by atoms with E-state index in [1.54, 1.807) is 6.07 Å². The van der Waals surface area contributed by atoms with Gasteiger partial charge in [0.15, 0.2) is 5.69 Å². The van der Waals surface area contributed by atoms with E-state index in [9.17, 15) is 4.79 Å². The van der Waals surface area contributed by atoms with Crippen LogP contribution in [-0.4, -0.2) is 39.0 Å². The van der Waals surface area contributed by atoms with E-state index in [2.05, 4.69) is 20.4 Å². The highest BCUT2D eigenvalue weighted by molar-refractivity contribution is 5.35. The number of ether oxygens (including phenoxy) is 1. The molecule has 2 atom stereocenters. The van der Waals surface area contributed by atoms with Crippen LogP contribution < -0.4 is 10.9 Å². The van der Waals surface area contributed by atoms with Crippen molar-refractivity contribution < 1.29 is 4.74 Å². The Labute approximate surface area is 138 Å². The van der Waals surface area contributed by atoms with Crippen LogP contribution in [0, 0.1) is 11.3 Å². The summed E-state index contributed by atoms with van der Waals surface area (Å²) < 4.78 is 7.09. The Morgan fingerprint density at radius 1 is 1.29 bits per heavy atom. The molecule has 0 saturated carbocycles. The third kappa shape index (κ3) is 2.63. The van der Waals surface area contributed by atoms with Gasteiger partial charge in [0.25, 0.3) is 5.56 Å². The van der Waals surface area contributed by atoms with Crippen molar-refractivity contribution in [1.29, 1.82) is 5.26 Å². The summed E-state index contributed by atoms with van der Waals surface area (Å²) in [7, 11) is 0. The minimum absolute atomic E-state index is 0.0936. The summed E-state index contributed by atoms with van der Waals surface area (Å²) in [6, 6.07) is 3.31. The number of rotatable bonds is 3. The molecule has 24 heavy (non-hydrogen) atoms. The fourth-order valence-corrected chi connectivity index (χ4v) is 3.23. The van der Waals surface area contributed by atoms with Crippen molar-refractivity contribution in [3.05, 3.63) is 45.8 Å². The molecule has 0 bridgehead atoms. The van der Waals surface area contributed by atoms with E-state index < -0.39 is 0 Å².